The van der Waals surface area contributed by atoms with Crippen molar-refractivity contribution in [1.29, 1.82) is 0 Å². The summed E-state index contributed by atoms with van der Waals surface area (Å²) in [7, 11) is 1.62. The summed E-state index contributed by atoms with van der Waals surface area (Å²) in [5, 5.41) is 0.522. The number of amides is 1. The third-order valence-electron chi connectivity index (χ3n) is 6.42. The summed E-state index contributed by atoms with van der Waals surface area (Å²) in [6, 6.07) is 11.0. The number of aromatic nitrogens is 2. The Morgan fingerprint density at radius 1 is 1.31 bits per heavy atom. The van der Waals surface area contributed by atoms with Crippen molar-refractivity contribution in [3.05, 3.63) is 69.8 Å². The molecule has 0 radical (unpaired) electrons. The van der Waals surface area contributed by atoms with Gasteiger partial charge in [0.25, 0.3) is 5.56 Å². The number of ether oxygens (including phenoxy) is 3. The quantitative estimate of drug-likeness (QED) is 0.526. The van der Waals surface area contributed by atoms with Gasteiger partial charge in [-0.1, -0.05) is 12.1 Å². The van der Waals surface area contributed by atoms with E-state index in [9.17, 15) is 9.59 Å². The molecular formula is C27H29N3O5. The molecule has 3 aromatic rings. The summed E-state index contributed by atoms with van der Waals surface area (Å²) in [5.41, 5.74) is 2.25. The van der Waals surface area contributed by atoms with Crippen LogP contribution >= 0.6 is 0 Å². The van der Waals surface area contributed by atoms with Crippen LogP contribution in [0.2, 0.25) is 0 Å². The molecule has 1 amide bonds. The molecule has 182 valence electrons. The molecular weight excluding hydrogens is 446 g/mol. The Kier molecular flexibility index (Phi) is 6.55. The van der Waals surface area contributed by atoms with Gasteiger partial charge in [-0.05, 0) is 50.1 Å². The second-order valence-electron chi connectivity index (χ2n) is 9.05. The highest BCUT2D eigenvalue weighted by Crippen LogP contribution is 2.35. The fourth-order valence-corrected chi connectivity index (χ4v) is 4.69. The predicted molar refractivity (Wildman–Crippen MR) is 133 cm³/mol. The van der Waals surface area contributed by atoms with Crippen molar-refractivity contribution in [1.82, 2.24) is 14.9 Å². The van der Waals surface area contributed by atoms with E-state index in [1.807, 2.05) is 25.1 Å². The first-order valence-electron chi connectivity index (χ1n) is 11.9. The standard InChI is InChI=1S/C27H29N3O5/c1-17-12-19-14-23(33-2)18(13-24(19)35-17)9-10-26(31)30(15-20-6-5-11-34-20)16-25-28-22-8-4-3-7-21(22)27(32)29-25/h3-4,7-10,13-14,17,20H,5-6,11-12,15-16H2,1-2H3,(H,28,29,32)/b10-9+. The predicted octanol–water partition coefficient (Wildman–Crippen LogP) is 3.48. The zero-order valence-electron chi connectivity index (χ0n) is 20.0. The molecule has 1 fully saturated rings. The van der Waals surface area contributed by atoms with Crippen molar-refractivity contribution in [2.45, 2.75) is 44.9 Å². The summed E-state index contributed by atoms with van der Waals surface area (Å²) in [6.45, 7) is 3.31. The number of nitrogens with zero attached hydrogens (tertiary/aromatic N) is 2. The molecule has 0 aliphatic carbocycles. The first-order chi connectivity index (χ1) is 17.0. The molecule has 8 nitrogen and oxygen atoms in total. The highest BCUT2D eigenvalue weighted by Gasteiger charge is 2.24. The molecule has 0 bridgehead atoms. The topological polar surface area (TPSA) is 93.8 Å². The van der Waals surface area contributed by atoms with Crippen LogP contribution in [0.4, 0.5) is 0 Å². The molecule has 2 unspecified atom stereocenters. The molecule has 2 aliphatic heterocycles. The molecule has 2 aliphatic rings. The molecule has 5 rings (SSSR count). The fraction of sp³-hybridized carbons (Fsp3) is 0.370. The summed E-state index contributed by atoms with van der Waals surface area (Å²) in [4.78, 5) is 34.9. The molecule has 35 heavy (non-hydrogen) atoms. The molecule has 8 heteroatoms. The number of aromatic amines is 1. The van der Waals surface area contributed by atoms with Crippen LogP contribution in [0, 0.1) is 0 Å². The highest BCUT2D eigenvalue weighted by atomic mass is 16.5. The lowest BCUT2D eigenvalue weighted by Gasteiger charge is -2.24. The summed E-state index contributed by atoms with van der Waals surface area (Å²) >= 11 is 0. The van der Waals surface area contributed by atoms with Gasteiger partial charge < -0.3 is 24.1 Å². The fourth-order valence-electron chi connectivity index (χ4n) is 4.69. The van der Waals surface area contributed by atoms with E-state index in [-0.39, 0.29) is 30.2 Å². The molecule has 1 N–H and O–H groups in total. The molecule has 1 saturated heterocycles. The first kappa shape index (κ1) is 23.1. The van der Waals surface area contributed by atoms with E-state index >= 15 is 0 Å². The van der Waals surface area contributed by atoms with Gasteiger partial charge in [-0.2, -0.15) is 0 Å². The third-order valence-corrected chi connectivity index (χ3v) is 6.42. The lowest BCUT2D eigenvalue weighted by atomic mass is 10.1. The van der Waals surface area contributed by atoms with Gasteiger partial charge in [-0.3, -0.25) is 9.59 Å². The largest absolute Gasteiger partial charge is 0.496 e. The number of methoxy groups -OCH3 is 1. The van der Waals surface area contributed by atoms with Crippen LogP contribution in [0.25, 0.3) is 17.0 Å². The van der Waals surface area contributed by atoms with Crippen molar-refractivity contribution in [3.8, 4) is 11.5 Å². The molecule has 0 saturated carbocycles. The second-order valence-corrected chi connectivity index (χ2v) is 9.05. The maximum Gasteiger partial charge on any atom is 0.258 e. The highest BCUT2D eigenvalue weighted by molar-refractivity contribution is 5.92. The number of rotatable bonds is 7. The Balaban J connectivity index is 1.40. The number of nitrogens with one attached hydrogen (secondary N) is 1. The minimum Gasteiger partial charge on any atom is -0.496 e. The number of carbonyl (C=O) groups is 1. The monoisotopic (exact) mass is 475 g/mol. The van der Waals surface area contributed by atoms with Crippen molar-refractivity contribution in [3.63, 3.8) is 0 Å². The van der Waals surface area contributed by atoms with Gasteiger partial charge in [0.2, 0.25) is 5.91 Å². The van der Waals surface area contributed by atoms with Crippen LogP contribution in [0.15, 0.2) is 47.3 Å². The van der Waals surface area contributed by atoms with Crippen molar-refractivity contribution in [2.24, 2.45) is 0 Å². The molecule has 2 atom stereocenters. The van der Waals surface area contributed by atoms with Gasteiger partial charge >= 0.3 is 0 Å². The minimum atomic E-state index is -0.220. The van der Waals surface area contributed by atoms with E-state index in [1.54, 1.807) is 36.3 Å². The number of fused-ring (bicyclic) bond motifs is 2. The van der Waals surface area contributed by atoms with E-state index in [2.05, 4.69) is 9.97 Å². The minimum absolute atomic E-state index is 0.0380. The maximum absolute atomic E-state index is 13.3. The number of H-pyrrole nitrogens is 1. The van der Waals surface area contributed by atoms with Crippen molar-refractivity contribution in [2.75, 3.05) is 20.3 Å². The first-order valence-corrected chi connectivity index (χ1v) is 11.9. The van der Waals surface area contributed by atoms with Crippen LogP contribution in [0.1, 0.15) is 36.7 Å². The third kappa shape index (κ3) is 5.07. The number of benzene rings is 2. The van der Waals surface area contributed by atoms with E-state index in [1.165, 1.54) is 6.08 Å². The average molecular weight is 476 g/mol. The van der Waals surface area contributed by atoms with Crippen molar-refractivity contribution < 1.29 is 19.0 Å². The normalized spacial score (nSPS) is 19.1. The summed E-state index contributed by atoms with van der Waals surface area (Å²) in [5.74, 6) is 1.75. The van der Waals surface area contributed by atoms with E-state index in [4.69, 9.17) is 14.2 Å². The zero-order chi connectivity index (χ0) is 24.4. The lowest BCUT2D eigenvalue weighted by Crippen LogP contribution is -2.36. The van der Waals surface area contributed by atoms with Crippen LogP contribution in [0.5, 0.6) is 11.5 Å². The summed E-state index contributed by atoms with van der Waals surface area (Å²) < 4.78 is 17.2. The molecule has 1 aromatic heterocycles. The Morgan fingerprint density at radius 2 is 2.17 bits per heavy atom. The number of hydrogen-bond acceptors (Lipinski definition) is 6. The SMILES string of the molecule is COc1cc2c(cc1/C=C/C(=O)N(Cc1nc3ccccc3c(=O)[nH]1)CC1CCCO1)OC(C)C2. The second kappa shape index (κ2) is 9.92. The Bertz CT molecular complexity index is 1330. The van der Waals surface area contributed by atoms with Crippen LogP contribution in [0.3, 0.4) is 0 Å². The number of carbonyl (C=O) groups excluding carboxylic acids is 1. The number of para-hydroxylation sites is 1. The van der Waals surface area contributed by atoms with Crippen LogP contribution in [-0.4, -0.2) is 53.2 Å². The Hall–Kier alpha value is -3.65. The number of hydrogen-bond donors (Lipinski definition) is 1. The van der Waals surface area contributed by atoms with Crippen LogP contribution < -0.4 is 15.0 Å². The molecule has 2 aromatic carbocycles. The average Bonchev–Trinajstić information content (AvgIpc) is 3.49. The smallest absolute Gasteiger partial charge is 0.258 e. The van der Waals surface area contributed by atoms with Gasteiger partial charge in [0.15, 0.2) is 0 Å². The van der Waals surface area contributed by atoms with Gasteiger partial charge in [0, 0.05) is 36.8 Å². The molecule has 0 spiro atoms. The lowest BCUT2D eigenvalue weighted by molar-refractivity contribution is -0.128. The van der Waals surface area contributed by atoms with E-state index in [0.717, 1.165) is 36.1 Å². The zero-order valence-corrected chi connectivity index (χ0v) is 20.0. The Morgan fingerprint density at radius 3 is 2.97 bits per heavy atom. The van der Waals surface area contributed by atoms with Gasteiger partial charge in [0.1, 0.15) is 23.4 Å². The Labute approximate surface area is 203 Å². The van der Waals surface area contributed by atoms with E-state index in [0.29, 0.717) is 35.6 Å². The van der Waals surface area contributed by atoms with Crippen molar-refractivity contribution >= 4 is 22.9 Å². The van der Waals surface area contributed by atoms with Gasteiger partial charge in [0.05, 0.1) is 30.7 Å². The van der Waals surface area contributed by atoms with E-state index < -0.39 is 0 Å². The molecule has 3 heterocycles. The van der Waals surface area contributed by atoms with Gasteiger partial charge in [-0.25, -0.2) is 4.98 Å². The van der Waals surface area contributed by atoms with Crippen LogP contribution in [-0.2, 0) is 22.5 Å². The summed E-state index contributed by atoms with van der Waals surface area (Å²) in [6.07, 6.45) is 6.05. The van der Waals surface area contributed by atoms with Gasteiger partial charge in [-0.15, -0.1) is 0 Å². The maximum atomic E-state index is 13.3.